The van der Waals surface area contributed by atoms with Crippen LogP contribution in [0.5, 0.6) is 0 Å². The van der Waals surface area contributed by atoms with Crippen LogP contribution in [0.2, 0.25) is 0 Å². The summed E-state index contributed by atoms with van der Waals surface area (Å²) in [5.74, 6) is -0.712. The number of Topliss-reactive ketones (excluding diaryl/α,β-unsaturated/α-hetero) is 1. The third kappa shape index (κ3) is 3.98. The largest absolute Gasteiger partial charge is 0.340 e. The van der Waals surface area contributed by atoms with Crippen LogP contribution in [0.15, 0.2) is 53.6 Å². The molecule has 148 valence electrons. The lowest BCUT2D eigenvalue weighted by Gasteiger charge is -2.40. The third-order valence-electron chi connectivity index (χ3n) is 4.80. The van der Waals surface area contributed by atoms with Crippen molar-refractivity contribution in [2.75, 3.05) is 13.1 Å². The molecule has 28 heavy (non-hydrogen) atoms. The van der Waals surface area contributed by atoms with Gasteiger partial charge in [0.15, 0.2) is 5.78 Å². The van der Waals surface area contributed by atoms with Crippen molar-refractivity contribution < 1.29 is 18.0 Å². The molecule has 3 rings (SSSR count). The van der Waals surface area contributed by atoms with Crippen molar-refractivity contribution in [2.24, 2.45) is 5.41 Å². The number of amides is 1. The molecule has 1 saturated heterocycles. The molecule has 0 saturated carbocycles. The van der Waals surface area contributed by atoms with Gasteiger partial charge < -0.3 is 5.32 Å². The topological polar surface area (TPSA) is 96.4 Å². The number of pyridine rings is 1. The number of sulfonamides is 1. The van der Waals surface area contributed by atoms with E-state index >= 15 is 0 Å². The average molecular weight is 401 g/mol. The normalized spacial score (nSPS) is 20.0. The van der Waals surface area contributed by atoms with Gasteiger partial charge in [-0.25, -0.2) is 8.42 Å². The molecule has 0 unspecified atom stereocenters. The molecular weight excluding hydrogens is 378 g/mol. The molecule has 0 aliphatic carbocycles. The highest BCUT2D eigenvalue weighted by molar-refractivity contribution is 7.89. The number of nitrogens with one attached hydrogen (secondary N) is 1. The lowest BCUT2D eigenvalue weighted by atomic mass is 9.81. The van der Waals surface area contributed by atoms with Crippen LogP contribution in [0.4, 0.5) is 0 Å². The molecule has 1 aromatic carbocycles. The van der Waals surface area contributed by atoms with Gasteiger partial charge >= 0.3 is 0 Å². The molecule has 1 N–H and O–H groups in total. The van der Waals surface area contributed by atoms with Gasteiger partial charge in [-0.1, -0.05) is 37.6 Å². The third-order valence-corrected chi connectivity index (χ3v) is 6.63. The van der Waals surface area contributed by atoms with E-state index < -0.39 is 27.4 Å². The maximum Gasteiger partial charge on any atom is 0.270 e. The molecule has 7 nitrogen and oxygen atoms in total. The fourth-order valence-corrected chi connectivity index (χ4v) is 4.84. The second kappa shape index (κ2) is 7.44. The molecule has 1 aliphatic heterocycles. The molecule has 1 atom stereocenters. The van der Waals surface area contributed by atoms with Crippen molar-refractivity contribution in [2.45, 2.75) is 31.7 Å². The Morgan fingerprint density at radius 2 is 1.86 bits per heavy atom. The summed E-state index contributed by atoms with van der Waals surface area (Å²) in [5.41, 5.74) is 0.193. The number of carbonyl (C=O) groups is 2. The van der Waals surface area contributed by atoms with E-state index in [2.05, 4.69) is 10.3 Å². The van der Waals surface area contributed by atoms with E-state index in [0.29, 0.717) is 0 Å². The van der Waals surface area contributed by atoms with Gasteiger partial charge in [-0.3, -0.25) is 14.6 Å². The quantitative estimate of drug-likeness (QED) is 0.843. The van der Waals surface area contributed by atoms with Gasteiger partial charge in [0.1, 0.15) is 11.7 Å². The molecule has 0 spiro atoms. The number of hydrogen-bond donors (Lipinski definition) is 1. The van der Waals surface area contributed by atoms with Crippen molar-refractivity contribution in [3.8, 4) is 0 Å². The van der Waals surface area contributed by atoms with Crippen molar-refractivity contribution in [3.63, 3.8) is 0 Å². The summed E-state index contributed by atoms with van der Waals surface area (Å²) in [6, 6.07) is 10.5. The zero-order valence-electron chi connectivity index (χ0n) is 16.0. The molecule has 1 aliphatic rings. The van der Waals surface area contributed by atoms with E-state index in [-0.39, 0.29) is 29.5 Å². The maximum atomic E-state index is 13.1. The van der Waals surface area contributed by atoms with Crippen molar-refractivity contribution in [1.29, 1.82) is 0 Å². The number of nitrogens with zero attached hydrogens (tertiary/aromatic N) is 2. The Labute approximate surface area is 164 Å². The van der Waals surface area contributed by atoms with Gasteiger partial charge in [0.2, 0.25) is 10.0 Å². The number of piperidine rings is 1. The van der Waals surface area contributed by atoms with Gasteiger partial charge in [-0.15, -0.1) is 0 Å². The lowest BCUT2D eigenvalue weighted by molar-refractivity contribution is -0.132. The molecule has 0 radical (unpaired) electrons. The molecule has 0 bridgehead atoms. The predicted octanol–water partition coefficient (Wildman–Crippen LogP) is 1.79. The minimum Gasteiger partial charge on any atom is -0.340 e. The minimum absolute atomic E-state index is 0.0536. The van der Waals surface area contributed by atoms with E-state index in [1.54, 1.807) is 50.2 Å². The van der Waals surface area contributed by atoms with Gasteiger partial charge in [-0.05, 0) is 31.2 Å². The molecule has 1 fully saturated rings. The summed E-state index contributed by atoms with van der Waals surface area (Å²) in [6.07, 6.45) is 1.48. The first-order chi connectivity index (χ1) is 13.1. The first kappa shape index (κ1) is 20.2. The number of aromatic nitrogens is 1. The molecule has 1 aromatic heterocycles. The van der Waals surface area contributed by atoms with Gasteiger partial charge in [0, 0.05) is 24.7 Å². The van der Waals surface area contributed by atoms with Crippen LogP contribution in [0.1, 0.15) is 29.9 Å². The van der Waals surface area contributed by atoms with Crippen LogP contribution >= 0.6 is 0 Å². The predicted molar refractivity (Wildman–Crippen MR) is 104 cm³/mol. The Hall–Kier alpha value is -2.58. The summed E-state index contributed by atoms with van der Waals surface area (Å²) in [7, 11) is -3.79. The Bertz CT molecular complexity index is 986. The number of rotatable bonds is 4. The number of benzene rings is 1. The summed E-state index contributed by atoms with van der Waals surface area (Å²) >= 11 is 0. The fourth-order valence-electron chi connectivity index (χ4n) is 3.22. The smallest absolute Gasteiger partial charge is 0.270 e. The van der Waals surface area contributed by atoms with Crippen LogP contribution in [0, 0.1) is 12.3 Å². The second-order valence-corrected chi connectivity index (χ2v) is 9.54. The number of hydrogen-bond acceptors (Lipinski definition) is 5. The second-order valence-electron chi connectivity index (χ2n) is 7.60. The van der Waals surface area contributed by atoms with Gasteiger partial charge in [0.25, 0.3) is 5.91 Å². The van der Waals surface area contributed by atoms with Gasteiger partial charge in [0.05, 0.1) is 4.90 Å². The van der Waals surface area contributed by atoms with Crippen LogP contribution < -0.4 is 5.32 Å². The highest BCUT2D eigenvalue weighted by Gasteiger charge is 2.45. The van der Waals surface area contributed by atoms with Crippen LogP contribution in [0.3, 0.4) is 0 Å². The van der Waals surface area contributed by atoms with Crippen LogP contribution in [0.25, 0.3) is 0 Å². The lowest BCUT2D eigenvalue weighted by Crippen LogP contribution is -2.61. The fraction of sp³-hybridized carbons (Fsp3) is 0.350. The molecule has 2 heterocycles. The highest BCUT2D eigenvalue weighted by Crippen LogP contribution is 2.30. The molecule has 2 aromatic rings. The van der Waals surface area contributed by atoms with E-state index in [0.717, 1.165) is 5.56 Å². The zero-order valence-corrected chi connectivity index (χ0v) is 16.9. The van der Waals surface area contributed by atoms with E-state index in [1.165, 1.54) is 16.6 Å². The van der Waals surface area contributed by atoms with E-state index in [1.807, 2.05) is 6.92 Å². The monoisotopic (exact) mass is 401 g/mol. The molecular formula is C20H23N3O4S. The summed E-state index contributed by atoms with van der Waals surface area (Å²) in [4.78, 5) is 29.4. The van der Waals surface area contributed by atoms with Crippen LogP contribution in [-0.4, -0.2) is 48.5 Å². The number of carbonyl (C=O) groups excluding carboxylic acids is 2. The van der Waals surface area contributed by atoms with E-state index in [9.17, 15) is 18.0 Å². The molecule has 1 amide bonds. The summed E-state index contributed by atoms with van der Waals surface area (Å²) in [5, 5.41) is 2.65. The van der Waals surface area contributed by atoms with E-state index in [4.69, 9.17) is 0 Å². The van der Waals surface area contributed by atoms with Crippen molar-refractivity contribution in [1.82, 2.24) is 14.6 Å². The SMILES string of the molecule is Cc1ccc(S(=O)(=O)N2C[C@H](NC(=O)c3ccccn3)C(=O)C(C)(C)C2)cc1. The number of aryl methyl sites for hydroxylation is 1. The van der Waals surface area contributed by atoms with Crippen LogP contribution in [-0.2, 0) is 14.8 Å². The van der Waals surface area contributed by atoms with Gasteiger partial charge in [-0.2, -0.15) is 4.31 Å². The highest BCUT2D eigenvalue weighted by atomic mass is 32.2. The van der Waals surface area contributed by atoms with Crippen molar-refractivity contribution in [3.05, 3.63) is 59.9 Å². The maximum absolute atomic E-state index is 13.1. The molecule has 8 heteroatoms. The van der Waals surface area contributed by atoms with Crippen molar-refractivity contribution >= 4 is 21.7 Å². The average Bonchev–Trinajstić information content (AvgIpc) is 2.66. The Kier molecular flexibility index (Phi) is 5.36. The first-order valence-electron chi connectivity index (χ1n) is 8.94. The Morgan fingerprint density at radius 3 is 2.46 bits per heavy atom. The summed E-state index contributed by atoms with van der Waals surface area (Å²) in [6.45, 7) is 5.19. The standard InChI is InChI=1S/C20H23N3O4S/c1-14-7-9-15(10-8-14)28(26,27)23-12-17(18(24)20(2,3)13-23)22-19(25)16-6-4-5-11-21-16/h4-11,17H,12-13H2,1-3H3,(H,22,25)/t17-/m0/s1. The first-order valence-corrected chi connectivity index (χ1v) is 10.4. The Morgan fingerprint density at radius 1 is 1.18 bits per heavy atom. The zero-order chi connectivity index (χ0) is 20.5. The Balaban J connectivity index is 1.87. The number of ketones is 1. The summed E-state index contributed by atoms with van der Waals surface area (Å²) < 4.78 is 27.4. The minimum atomic E-state index is -3.79.